The van der Waals surface area contributed by atoms with Gasteiger partial charge in [-0.05, 0) is 17.7 Å². The molecule has 0 radical (unpaired) electrons. The van der Waals surface area contributed by atoms with Gasteiger partial charge in [0.2, 0.25) is 12.6 Å². The molecule has 250 valence electrons. The molecule has 0 amide bonds. The maximum Gasteiger partial charge on any atom is 0.335 e. The molecular weight excluding hydrogens is 624 g/mol. The molecule has 2 aromatic rings. The molecule has 5 rings (SSSR count). The lowest BCUT2D eigenvalue weighted by atomic mass is 9.95. The van der Waals surface area contributed by atoms with Crippen LogP contribution in [0.25, 0.3) is 0 Å². The standard InChI is InChI=1S/C28H30O18/c1-41-12-3-2-8(4-14(12)44-28-22(36)18(32)20(34)24(46-28)26(39)40)13-7-11(30)16-10(29)5-9(6-15(16)43-13)42-27-21(35)17(31)19(33)23(45-27)25(37)38/h2-6,13,17-24,27-29,31-36H,7H2,1H3,(H,37,38)(H,39,40). The molecule has 0 bridgehead atoms. The quantitative estimate of drug-likeness (QED) is 0.144. The number of Topliss-reactive ketones (excluding diaryl/α,β-unsaturated/α-hetero) is 1. The second-order valence-electron chi connectivity index (χ2n) is 10.7. The fraction of sp³-hybridized carbons (Fsp3) is 0.464. The number of carboxylic acids is 2. The molecular formula is C28H30O18. The van der Waals surface area contributed by atoms with Gasteiger partial charge in [0.25, 0.3) is 0 Å². The van der Waals surface area contributed by atoms with E-state index in [0.717, 1.165) is 12.1 Å². The van der Waals surface area contributed by atoms with Gasteiger partial charge >= 0.3 is 11.9 Å². The van der Waals surface area contributed by atoms with Crippen molar-refractivity contribution < 1.29 is 88.8 Å². The van der Waals surface area contributed by atoms with Gasteiger partial charge in [0.05, 0.1) is 13.5 Å². The van der Waals surface area contributed by atoms with E-state index in [9.17, 15) is 60.3 Å². The zero-order chi connectivity index (χ0) is 33.6. The molecule has 3 heterocycles. The molecule has 46 heavy (non-hydrogen) atoms. The van der Waals surface area contributed by atoms with Crippen molar-refractivity contribution >= 4 is 17.7 Å². The Morgan fingerprint density at radius 3 is 1.87 bits per heavy atom. The predicted octanol–water partition coefficient (Wildman–Crippen LogP) is -2.35. The minimum atomic E-state index is -1.97. The van der Waals surface area contributed by atoms with Crippen LogP contribution in [0.3, 0.4) is 0 Å². The molecule has 0 aliphatic carbocycles. The summed E-state index contributed by atoms with van der Waals surface area (Å²) in [5.41, 5.74) is 0.0669. The van der Waals surface area contributed by atoms with Crippen molar-refractivity contribution in [3.05, 3.63) is 41.5 Å². The number of aromatic hydroxyl groups is 1. The molecule has 2 fully saturated rings. The molecule has 18 heteroatoms. The number of benzene rings is 2. The van der Waals surface area contributed by atoms with Gasteiger partial charge in [-0.1, -0.05) is 6.07 Å². The van der Waals surface area contributed by atoms with Crippen molar-refractivity contribution in [2.24, 2.45) is 0 Å². The number of fused-ring (bicyclic) bond motifs is 1. The van der Waals surface area contributed by atoms with Gasteiger partial charge in [0.15, 0.2) is 29.5 Å². The molecule has 3 aliphatic rings. The summed E-state index contributed by atoms with van der Waals surface area (Å²) in [6.07, 6.45) is -20.4. The summed E-state index contributed by atoms with van der Waals surface area (Å²) in [5, 5.41) is 89.9. The molecule has 0 aromatic heterocycles. The average Bonchev–Trinajstić information content (AvgIpc) is 3.00. The average molecular weight is 655 g/mol. The first-order valence-electron chi connectivity index (χ1n) is 13.6. The third kappa shape index (κ3) is 6.11. The van der Waals surface area contributed by atoms with Crippen LogP contribution in [0, 0.1) is 0 Å². The topological polar surface area (TPSA) is 289 Å². The second kappa shape index (κ2) is 12.9. The van der Waals surface area contributed by atoms with Crippen molar-refractivity contribution in [1.82, 2.24) is 0 Å². The van der Waals surface area contributed by atoms with Gasteiger partial charge < -0.3 is 74.4 Å². The fourth-order valence-corrected chi connectivity index (χ4v) is 5.21. The number of aliphatic carboxylic acids is 2. The maximum absolute atomic E-state index is 13.1. The van der Waals surface area contributed by atoms with E-state index in [4.69, 9.17) is 28.4 Å². The largest absolute Gasteiger partial charge is 0.507 e. The molecule has 9 N–H and O–H groups in total. The Morgan fingerprint density at radius 1 is 0.761 bits per heavy atom. The van der Waals surface area contributed by atoms with Crippen LogP contribution in [0.4, 0.5) is 0 Å². The van der Waals surface area contributed by atoms with Crippen molar-refractivity contribution in [3.8, 4) is 28.7 Å². The number of carboxylic acid groups (broad SMARTS) is 2. The van der Waals surface area contributed by atoms with Crippen LogP contribution in [0.15, 0.2) is 30.3 Å². The van der Waals surface area contributed by atoms with Gasteiger partial charge in [0.1, 0.15) is 65.5 Å². The van der Waals surface area contributed by atoms with Gasteiger partial charge in [0, 0.05) is 12.1 Å². The molecule has 0 saturated carbocycles. The van der Waals surface area contributed by atoms with Crippen LogP contribution in [-0.4, -0.2) is 132 Å². The van der Waals surface area contributed by atoms with E-state index in [2.05, 4.69) is 0 Å². The first-order chi connectivity index (χ1) is 21.7. The number of ether oxygens (including phenoxy) is 6. The van der Waals surface area contributed by atoms with Crippen molar-refractivity contribution in [2.45, 2.75) is 73.9 Å². The molecule has 2 aromatic carbocycles. The third-order valence-corrected chi connectivity index (χ3v) is 7.65. The number of ketones is 1. The van der Waals surface area contributed by atoms with E-state index in [-0.39, 0.29) is 40.5 Å². The zero-order valence-corrected chi connectivity index (χ0v) is 23.6. The molecule has 2 saturated heterocycles. The van der Waals surface area contributed by atoms with Crippen LogP contribution in [0.2, 0.25) is 0 Å². The highest BCUT2D eigenvalue weighted by molar-refractivity contribution is 6.02. The number of hydrogen-bond donors (Lipinski definition) is 9. The predicted molar refractivity (Wildman–Crippen MR) is 143 cm³/mol. The highest BCUT2D eigenvalue weighted by Crippen LogP contribution is 2.44. The molecule has 11 atom stereocenters. The van der Waals surface area contributed by atoms with E-state index in [1.165, 1.54) is 25.3 Å². The first kappa shape index (κ1) is 33.1. The van der Waals surface area contributed by atoms with E-state index < -0.39 is 91.0 Å². The summed E-state index contributed by atoms with van der Waals surface area (Å²) in [5.74, 6) is -4.93. The maximum atomic E-state index is 13.1. The second-order valence-corrected chi connectivity index (χ2v) is 10.7. The van der Waals surface area contributed by atoms with Crippen LogP contribution >= 0.6 is 0 Å². The van der Waals surface area contributed by atoms with E-state index in [1.54, 1.807) is 0 Å². The smallest absolute Gasteiger partial charge is 0.335 e. The van der Waals surface area contributed by atoms with Crippen LogP contribution in [0.5, 0.6) is 28.7 Å². The Morgan fingerprint density at radius 2 is 1.33 bits per heavy atom. The Bertz CT molecular complexity index is 1500. The number of hydrogen-bond acceptors (Lipinski definition) is 16. The molecule has 18 nitrogen and oxygen atoms in total. The normalized spacial score (nSPS) is 34.2. The van der Waals surface area contributed by atoms with Crippen molar-refractivity contribution in [2.75, 3.05) is 7.11 Å². The molecule has 3 aliphatic heterocycles. The highest BCUT2D eigenvalue weighted by Gasteiger charge is 2.49. The minimum Gasteiger partial charge on any atom is -0.507 e. The van der Waals surface area contributed by atoms with Crippen LogP contribution in [-0.2, 0) is 19.1 Å². The summed E-state index contributed by atoms with van der Waals surface area (Å²) >= 11 is 0. The number of carbonyl (C=O) groups is 3. The highest BCUT2D eigenvalue weighted by atomic mass is 16.7. The van der Waals surface area contributed by atoms with Gasteiger partial charge in [-0.25, -0.2) is 9.59 Å². The molecule has 0 spiro atoms. The van der Waals surface area contributed by atoms with Gasteiger partial charge in [-0.3, -0.25) is 4.79 Å². The van der Waals surface area contributed by atoms with E-state index in [1.807, 2.05) is 0 Å². The number of methoxy groups -OCH3 is 1. The summed E-state index contributed by atoms with van der Waals surface area (Å²) < 4.78 is 32.6. The van der Waals surface area contributed by atoms with Gasteiger partial charge in [-0.15, -0.1) is 0 Å². The lowest BCUT2D eigenvalue weighted by molar-refractivity contribution is -0.271. The Balaban J connectivity index is 1.39. The van der Waals surface area contributed by atoms with Crippen LogP contribution < -0.4 is 18.9 Å². The Kier molecular flexibility index (Phi) is 9.25. The Hall–Kier alpha value is -4.27. The molecule has 11 unspecified atom stereocenters. The summed E-state index contributed by atoms with van der Waals surface area (Å²) in [4.78, 5) is 36.0. The number of aliphatic hydroxyl groups is 6. The number of phenols is 1. The third-order valence-electron chi connectivity index (χ3n) is 7.65. The van der Waals surface area contributed by atoms with Crippen molar-refractivity contribution in [1.29, 1.82) is 0 Å². The zero-order valence-electron chi connectivity index (χ0n) is 23.6. The van der Waals surface area contributed by atoms with Crippen molar-refractivity contribution in [3.63, 3.8) is 0 Å². The fourth-order valence-electron chi connectivity index (χ4n) is 5.21. The van der Waals surface area contributed by atoms with E-state index in [0.29, 0.717) is 0 Å². The number of aliphatic hydroxyl groups excluding tert-OH is 6. The summed E-state index contributed by atoms with van der Waals surface area (Å²) in [6, 6.07) is 6.36. The lowest BCUT2D eigenvalue weighted by Crippen LogP contribution is -2.61. The first-order valence-corrected chi connectivity index (χ1v) is 13.6. The number of phenolic OH excluding ortho intramolecular Hbond substituents is 1. The van der Waals surface area contributed by atoms with E-state index >= 15 is 0 Å². The Labute approximate surface area is 258 Å². The lowest BCUT2D eigenvalue weighted by Gasteiger charge is -2.38. The summed E-state index contributed by atoms with van der Waals surface area (Å²) in [7, 11) is 1.28. The SMILES string of the molecule is COc1ccc(C2CC(=O)c3c(O)cc(OC4OC(C(=O)O)C(O)C(O)C4O)cc3O2)cc1OC1OC(C(=O)O)C(O)C(O)C1O. The summed E-state index contributed by atoms with van der Waals surface area (Å²) in [6.45, 7) is 0. The monoisotopic (exact) mass is 654 g/mol. The minimum absolute atomic E-state index is 0.0703. The number of rotatable bonds is 8. The van der Waals surface area contributed by atoms with Crippen LogP contribution in [0.1, 0.15) is 28.4 Å². The number of carbonyl (C=O) groups excluding carboxylic acids is 1. The van der Waals surface area contributed by atoms with Gasteiger partial charge in [-0.2, -0.15) is 0 Å².